The van der Waals surface area contributed by atoms with Crippen LogP contribution >= 0.6 is 0 Å². The van der Waals surface area contributed by atoms with Crippen molar-refractivity contribution >= 4 is 0 Å². The fourth-order valence-electron chi connectivity index (χ4n) is 1.27. The van der Waals surface area contributed by atoms with Crippen LogP contribution < -0.4 is 5.32 Å². The lowest BCUT2D eigenvalue weighted by molar-refractivity contribution is 0.419. The van der Waals surface area contributed by atoms with Crippen LogP contribution in [-0.2, 0) is 13.1 Å². The molecule has 0 aliphatic heterocycles. The first-order valence-electron chi connectivity index (χ1n) is 5.68. The Bertz CT molecular complexity index is 374. The van der Waals surface area contributed by atoms with Crippen LogP contribution in [0.25, 0.3) is 0 Å². The summed E-state index contributed by atoms with van der Waals surface area (Å²) in [5.41, 5.74) is 1.22. The standard InChI is InChI=1S/C13H21N3/c1-5-6-7-9-16-10-8-12(15-16)11-14-13(2,3)4/h8,10,14H,7,9,11H2,1-4H3. The molecule has 1 aromatic heterocycles. The quantitative estimate of drug-likeness (QED) is 0.787. The molecule has 0 saturated carbocycles. The van der Waals surface area contributed by atoms with Crippen molar-refractivity contribution in [3.8, 4) is 11.8 Å². The smallest absolute Gasteiger partial charge is 0.0762 e. The van der Waals surface area contributed by atoms with Crippen molar-refractivity contribution in [1.29, 1.82) is 0 Å². The zero-order chi connectivity index (χ0) is 12.0. The lowest BCUT2D eigenvalue weighted by Gasteiger charge is -2.19. The second-order valence-electron chi connectivity index (χ2n) is 4.85. The lowest BCUT2D eigenvalue weighted by atomic mass is 10.1. The van der Waals surface area contributed by atoms with Crippen LogP contribution in [0.2, 0.25) is 0 Å². The molecule has 0 radical (unpaired) electrons. The van der Waals surface area contributed by atoms with Crippen LogP contribution in [0.5, 0.6) is 0 Å². The first-order chi connectivity index (χ1) is 7.51. The third-order valence-corrected chi connectivity index (χ3v) is 2.14. The van der Waals surface area contributed by atoms with Gasteiger partial charge in [0.25, 0.3) is 0 Å². The van der Waals surface area contributed by atoms with Crippen LogP contribution in [-0.4, -0.2) is 15.3 Å². The van der Waals surface area contributed by atoms with Crippen LogP contribution in [0.1, 0.15) is 39.8 Å². The summed E-state index contributed by atoms with van der Waals surface area (Å²) in [5.74, 6) is 5.92. The minimum absolute atomic E-state index is 0.136. The first-order valence-corrected chi connectivity index (χ1v) is 5.68. The molecule has 0 bridgehead atoms. The van der Waals surface area contributed by atoms with Crippen molar-refractivity contribution < 1.29 is 0 Å². The summed E-state index contributed by atoms with van der Waals surface area (Å²) in [4.78, 5) is 0. The molecule has 1 heterocycles. The van der Waals surface area contributed by atoms with Gasteiger partial charge < -0.3 is 5.32 Å². The first kappa shape index (κ1) is 12.8. The van der Waals surface area contributed by atoms with E-state index in [4.69, 9.17) is 0 Å². The number of nitrogens with zero attached hydrogens (tertiary/aromatic N) is 2. The number of aryl methyl sites for hydroxylation is 1. The Labute approximate surface area is 98.2 Å². The average Bonchev–Trinajstić information content (AvgIpc) is 2.62. The third-order valence-electron chi connectivity index (χ3n) is 2.14. The van der Waals surface area contributed by atoms with Gasteiger partial charge >= 0.3 is 0 Å². The molecule has 1 aromatic rings. The average molecular weight is 219 g/mol. The summed E-state index contributed by atoms with van der Waals surface area (Å²) in [5, 5.41) is 7.89. The Balaban J connectivity index is 2.41. The maximum absolute atomic E-state index is 4.47. The molecule has 3 heteroatoms. The maximum atomic E-state index is 4.47. The second kappa shape index (κ2) is 5.72. The SMILES string of the molecule is CC#CCCn1ccc(CNC(C)(C)C)n1. The molecule has 0 saturated heterocycles. The molecule has 3 nitrogen and oxygen atoms in total. The van der Waals surface area contributed by atoms with E-state index in [9.17, 15) is 0 Å². The summed E-state index contributed by atoms with van der Waals surface area (Å²) in [6.45, 7) is 10.0. The van der Waals surface area contributed by atoms with Gasteiger partial charge in [0.15, 0.2) is 0 Å². The van der Waals surface area contributed by atoms with E-state index in [1.165, 1.54) is 0 Å². The van der Waals surface area contributed by atoms with Gasteiger partial charge in [-0.25, -0.2) is 0 Å². The van der Waals surface area contributed by atoms with E-state index in [0.29, 0.717) is 0 Å². The fourth-order valence-corrected chi connectivity index (χ4v) is 1.27. The van der Waals surface area contributed by atoms with Crippen LogP contribution in [0.3, 0.4) is 0 Å². The molecule has 1 N–H and O–H groups in total. The van der Waals surface area contributed by atoms with Crippen LogP contribution in [0.4, 0.5) is 0 Å². The summed E-state index contributed by atoms with van der Waals surface area (Å²) in [6, 6.07) is 2.05. The van der Waals surface area contributed by atoms with E-state index in [2.05, 4.69) is 49.1 Å². The summed E-state index contributed by atoms with van der Waals surface area (Å²) in [6.07, 6.45) is 2.88. The van der Waals surface area contributed by atoms with Crippen LogP contribution in [0, 0.1) is 11.8 Å². The van der Waals surface area contributed by atoms with Gasteiger partial charge in [-0.15, -0.1) is 11.8 Å². The minimum atomic E-state index is 0.136. The van der Waals surface area contributed by atoms with Gasteiger partial charge in [0, 0.05) is 24.7 Å². The van der Waals surface area contributed by atoms with Crippen molar-refractivity contribution in [3.05, 3.63) is 18.0 Å². The van der Waals surface area contributed by atoms with Crippen molar-refractivity contribution in [3.63, 3.8) is 0 Å². The van der Waals surface area contributed by atoms with Crippen molar-refractivity contribution in [2.75, 3.05) is 0 Å². The predicted octanol–water partition coefficient (Wildman–Crippen LogP) is 2.18. The van der Waals surface area contributed by atoms with Crippen molar-refractivity contribution in [1.82, 2.24) is 15.1 Å². The molecule has 16 heavy (non-hydrogen) atoms. The Morgan fingerprint density at radius 2 is 2.19 bits per heavy atom. The van der Waals surface area contributed by atoms with Gasteiger partial charge in [0.05, 0.1) is 12.2 Å². The fraction of sp³-hybridized carbons (Fsp3) is 0.615. The lowest BCUT2D eigenvalue weighted by Crippen LogP contribution is -2.35. The number of aromatic nitrogens is 2. The number of rotatable bonds is 4. The molecule has 0 amide bonds. The van der Waals surface area contributed by atoms with E-state index in [0.717, 1.165) is 25.2 Å². The molecule has 0 fully saturated rings. The zero-order valence-electron chi connectivity index (χ0n) is 10.7. The molecule has 88 valence electrons. The molecule has 0 aromatic carbocycles. The molecule has 0 aliphatic carbocycles. The monoisotopic (exact) mass is 219 g/mol. The van der Waals surface area contributed by atoms with Crippen molar-refractivity contribution in [2.24, 2.45) is 0 Å². The highest BCUT2D eigenvalue weighted by molar-refractivity contribution is 5.00. The maximum Gasteiger partial charge on any atom is 0.0762 e. The van der Waals surface area contributed by atoms with E-state index in [1.807, 2.05) is 17.8 Å². The molecule has 0 unspecified atom stereocenters. The number of hydrogen-bond donors (Lipinski definition) is 1. The highest BCUT2D eigenvalue weighted by Gasteiger charge is 2.09. The molecule has 0 atom stereocenters. The number of hydrogen-bond acceptors (Lipinski definition) is 2. The zero-order valence-corrected chi connectivity index (χ0v) is 10.7. The topological polar surface area (TPSA) is 29.9 Å². The normalized spacial score (nSPS) is 11.0. The van der Waals surface area contributed by atoms with Crippen molar-refractivity contribution in [2.45, 2.75) is 52.7 Å². The highest BCUT2D eigenvalue weighted by Crippen LogP contribution is 2.02. The Kier molecular flexibility index (Phi) is 4.57. The number of nitrogens with one attached hydrogen (secondary N) is 1. The van der Waals surface area contributed by atoms with E-state index in [1.54, 1.807) is 0 Å². The Hall–Kier alpha value is -1.27. The largest absolute Gasteiger partial charge is 0.306 e. The Morgan fingerprint density at radius 1 is 1.44 bits per heavy atom. The van der Waals surface area contributed by atoms with E-state index < -0.39 is 0 Å². The summed E-state index contributed by atoms with van der Waals surface area (Å²) in [7, 11) is 0. The van der Waals surface area contributed by atoms with Gasteiger partial charge in [-0.2, -0.15) is 5.10 Å². The van der Waals surface area contributed by atoms with E-state index in [-0.39, 0.29) is 5.54 Å². The molecular weight excluding hydrogens is 198 g/mol. The van der Waals surface area contributed by atoms with Gasteiger partial charge in [-0.05, 0) is 33.8 Å². The highest BCUT2D eigenvalue weighted by atomic mass is 15.3. The molecule has 0 spiro atoms. The molecular formula is C13H21N3. The summed E-state index contributed by atoms with van der Waals surface area (Å²) >= 11 is 0. The Morgan fingerprint density at radius 3 is 2.81 bits per heavy atom. The predicted molar refractivity (Wildman–Crippen MR) is 66.9 cm³/mol. The molecule has 0 aliphatic rings. The minimum Gasteiger partial charge on any atom is -0.306 e. The molecule has 1 rings (SSSR count). The van der Waals surface area contributed by atoms with Gasteiger partial charge in [-0.3, -0.25) is 4.68 Å². The van der Waals surface area contributed by atoms with Gasteiger partial charge in [0.2, 0.25) is 0 Å². The summed E-state index contributed by atoms with van der Waals surface area (Å²) < 4.78 is 1.95. The van der Waals surface area contributed by atoms with E-state index >= 15 is 0 Å². The van der Waals surface area contributed by atoms with Gasteiger partial charge in [0.1, 0.15) is 0 Å². The van der Waals surface area contributed by atoms with Crippen LogP contribution in [0.15, 0.2) is 12.3 Å². The van der Waals surface area contributed by atoms with Gasteiger partial charge in [-0.1, -0.05) is 0 Å². The second-order valence-corrected chi connectivity index (χ2v) is 4.85. The third kappa shape index (κ3) is 4.99.